The average molecular weight is 445 g/mol. The van der Waals surface area contributed by atoms with Gasteiger partial charge in [0.15, 0.2) is 5.65 Å². The average Bonchev–Trinajstić information content (AvgIpc) is 3.44. The van der Waals surface area contributed by atoms with Crippen molar-refractivity contribution >= 4 is 5.65 Å². The van der Waals surface area contributed by atoms with Crippen LogP contribution < -0.4 is 5.32 Å². The summed E-state index contributed by atoms with van der Waals surface area (Å²) in [7, 11) is 0. The van der Waals surface area contributed by atoms with Gasteiger partial charge in [0.2, 0.25) is 0 Å². The van der Waals surface area contributed by atoms with Gasteiger partial charge in [-0.05, 0) is 55.8 Å². The summed E-state index contributed by atoms with van der Waals surface area (Å²) in [5.41, 5.74) is 5.34. The number of hydrogen-bond donors (Lipinski definition) is 2. The fraction of sp³-hybridized carbons (Fsp3) is 0.167. The number of hydrogen-bond acceptors (Lipinski definition) is 5. The maximum absolute atomic E-state index is 13.8. The Bertz CT molecular complexity index is 1420. The maximum atomic E-state index is 13.8. The Morgan fingerprint density at radius 2 is 1.97 bits per heavy atom. The number of nitrogens with one attached hydrogen (secondary N) is 2. The molecule has 5 aromatic rings. The van der Waals surface area contributed by atoms with Crippen LogP contribution in [0, 0.1) is 18.6 Å². The third-order valence-corrected chi connectivity index (χ3v) is 5.33. The second kappa shape index (κ2) is 8.87. The first kappa shape index (κ1) is 20.9. The molecule has 0 spiro atoms. The Kier molecular flexibility index (Phi) is 5.62. The van der Waals surface area contributed by atoms with Gasteiger partial charge < -0.3 is 10.3 Å². The number of aromatic amines is 1. The van der Waals surface area contributed by atoms with Gasteiger partial charge in [-0.3, -0.25) is 4.98 Å². The standard InChI is InChI=1S/C24H21F2N7/c1-15-3-2-4-20(30-15)24-23(17-6-8-22-28-14-29-33(22)13-17)31-21(32-24)12-27-10-9-16-5-7-18(25)11-19(16)26/h2-8,11,13-14,27H,9-10,12H2,1H3,(H,31,32). The quantitative estimate of drug-likeness (QED) is 0.369. The zero-order chi connectivity index (χ0) is 22.8. The van der Waals surface area contributed by atoms with Gasteiger partial charge >= 0.3 is 0 Å². The first-order chi connectivity index (χ1) is 16.1. The lowest BCUT2D eigenvalue weighted by molar-refractivity contribution is 0.565. The maximum Gasteiger partial charge on any atom is 0.155 e. The predicted octanol–water partition coefficient (Wildman–Crippen LogP) is 4.10. The van der Waals surface area contributed by atoms with Crippen molar-refractivity contribution in [2.75, 3.05) is 6.54 Å². The van der Waals surface area contributed by atoms with E-state index in [0.29, 0.717) is 25.1 Å². The van der Waals surface area contributed by atoms with E-state index >= 15 is 0 Å². The summed E-state index contributed by atoms with van der Waals surface area (Å²) in [6.07, 6.45) is 3.84. The highest BCUT2D eigenvalue weighted by Crippen LogP contribution is 2.29. The fourth-order valence-electron chi connectivity index (χ4n) is 3.69. The molecule has 0 aliphatic heterocycles. The van der Waals surface area contributed by atoms with Gasteiger partial charge in [-0.1, -0.05) is 12.1 Å². The summed E-state index contributed by atoms with van der Waals surface area (Å²) in [4.78, 5) is 17.0. The topological polar surface area (TPSA) is 83.8 Å². The van der Waals surface area contributed by atoms with E-state index in [1.165, 1.54) is 18.5 Å². The number of nitrogens with zero attached hydrogens (tertiary/aromatic N) is 5. The molecule has 5 rings (SSSR count). The molecule has 0 amide bonds. The number of aryl methyl sites for hydroxylation is 1. The second-order valence-electron chi connectivity index (χ2n) is 7.71. The van der Waals surface area contributed by atoms with Crippen LogP contribution in [0.4, 0.5) is 8.78 Å². The van der Waals surface area contributed by atoms with Gasteiger partial charge in [0, 0.05) is 23.5 Å². The van der Waals surface area contributed by atoms with E-state index < -0.39 is 11.6 Å². The van der Waals surface area contributed by atoms with Crippen LogP contribution in [-0.2, 0) is 13.0 Å². The molecule has 2 N–H and O–H groups in total. The molecule has 0 saturated carbocycles. The molecular formula is C24H21F2N7. The second-order valence-corrected chi connectivity index (χ2v) is 7.71. The highest BCUT2D eigenvalue weighted by molar-refractivity contribution is 5.77. The summed E-state index contributed by atoms with van der Waals surface area (Å²) in [5, 5.41) is 7.49. The Morgan fingerprint density at radius 1 is 1.06 bits per heavy atom. The lowest BCUT2D eigenvalue weighted by atomic mass is 10.1. The van der Waals surface area contributed by atoms with E-state index in [2.05, 4.69) is 25.4 Å². The predicted molar refractivity (Wildman–Crippen MR) is 120 cm³/mol. The third-order valence-electron chi connectivity index (χ3n) is 5.33. The minimum atomic E-state index is -0.575. The molecule has 7 nitrogen and oxygen atoms in total. The smallest absolute Gasteiger partial charge is 0.155 e. The molecule has 166 valence electrons. The highest BCUT2D eigenvalue weighted by Gasteiger charge is 2.16. The van der Waals surface area contributed by atoms with Crippen LogP contribution in [0.3, 0.4) is 0 Å². The van der Waals surface area contributed by atoms with Crippen molar-refractivity contribution in [3.63, 3.8) is 0 Å². The van der Waals surface area contributed by atoms with Crippen molar-refractivity contribution in [2.24, 2.45) is 0 Å². The fourth-order valence-corrected chi connectivity index (χ4v) is 3.69. The largest absolute Gasteiger partial charge is 0.340 e. The van der Waals surface area contributed by atoms with Crippen LogP contribution in [-0.4, -0.2) is 36.1 Å². The molecular weight excluding hydrogens is 424 g/mol. The first-order valence-electron chi connectivity index (χ1n) is 10.5. The van der Waals surface area contributed by atoms with Gasteiger partial charge in [-0.25, -0.2) is 23.3 Å². The molecule has 4 aromatic heterocycles. The molecule has 0 aliphatic carbocycles. The molecule has 0 aliphatic rings. The number of halogens is 2. The van der Waals surface area contributed by atoms with Crippen LogP contribution >= 0.6 is 0 Å². The highest BCUT2D eigenvalue weighted by atomic mass is 19.1. The molecule has 1 aromatic carbocycles. The SMILES string of the molecule is Cc1cccc(-c2nc(CNCCc3ccc(F)cc3F)[nH]c2-c2ccc3ncnn3c2)n1. The zero-order valence-electron chi connectivity index (χ0n) is 17.9. The van der Waals surface area contributed by atoms with Crippen LogP contribution in [0.15, 0.2) is 61.1 Å². The van der Waals surface area contributed by atoms with Crippen LogP contribution in [0.2, 0.25) is 0 Å². The van der Waals surface area contributed by atoms with E-state index in [1.807, 2.05) is 43.5 Å². The Morgan fingerprint density at radius 3 is 2.82 bits per heavy atom. The van der Waals surface area contributed by atoms with Crippen molar-refractivity contribution in [1.82, 2.24) is 34.9 Å². The van der Waals surface area contributed by atoms with E-state index in [9.17, 15) is 8.78 Å². The summed E-state index contributed by atoms with van der Waals surface area (Å²) >= 11 is 0. The Hall–Kier alpha value is -3.98. The van der Waals surface area contributed by atoms with Gasteiger partial charge in [0.25, 0.3) is 0 Å². The minimum absolute atomic E-state index is 0.439. The van der Waals surface area contributed by atoms with Gasteiger partial charge in [-0.15, -0.1) is 0 Å². The van der Waals surface area contributed by atoms with Gasteiger partial charge in [0.05, 0.1) is 17.9 Å². The minimum Gasteiger partial charge on any atom is -0.340 e. The molecule has 4 heterocycles. The number of pyridine rings is 2. The van der Waals surface area contributed by atoms with Crippen LogP contribution in [0.5, 0.6) is 0 Å². The molecule has 33 heavy (non-hydrogen) atoms. The lowest BCUT2D eigenvalue weighted by Gasteiger charge is -2.05. The summed E-state index contributed by atoms with van der Waals surface area (Å²) in [6, 6.07) is 13.3. The van der Waals surface area contributed by atoms with Crippen molar-refractivity contribution in [2.45, 2.75) is 19.9 Å². The third kappa shape index (κ3) is 4.49. The molecule has 9 heteroatoms. The molecule has 0 bridgehead atoms. The van der Waals surface area contributed by atoms with Crippen molar-refractivity contribution in [3.8, 4) is 22.6 Å². The van der Waals surface area contributed by atoms with E-state index in [1.54, 1.807) is 4.52 Å². The number of aromatic nitrogens is 6. The molecule has 0 fully saturated rings. The molecule has 0 saturated heterocycles. The molecule has 0 unspecified atom stereocenters. The molecule has 0 radical (unpaired) electrons. The zero-order valence-corrected chi connectivity index (χ0v) is 17.9. The van der Waals surface area contributed by atoms with E-state index in [0.717, 1.165) is 45.9 Å². The normalized spacial score (nSPS) is 11.4. The van der Waals surface area contributed by atoms with Crippen molar-refractivity contribution in [1.29, 1.82) is 0 Å². The van der Waals surface area contributed by atoms with Crippen LogP contribution in [0.25, 0.3) is 28.3 Å². The molecule has 0 atom stereocenters. The summed E-state index contributed by atoms with van der Waals surface area (Å²) in [6.45, 7) is 2.91. The number of fused-ring (bicyclic) bond motifs is 1. The van der Waals surface area contributed by atoms with E-state index in [4.69, 9.17) is 4.98 Å². The van der Waals surface area contributed by atoms with E-state index in [-0.39, 0.29) is 0 Å². The monoisotopic (exact) mass is 445 g/mol. The lowest BCUT2D eigenvalue weighted by Crippen LogP contribution is -2.18. The van der Waals surface area contributed by atoms with Gasteiger partial charge in [0.1, 0.15) is 29.5 Å². The van der Waals surface area contributed by atoms with Crippen LogP contribution in [0.1, 0.15) is 17.1 Å². The Labute approximate surface area is 188 Å². The number of H-pyrrole nitrogens is 1. The Balaban J connectivity index is 1.39. The number of imidazole rings is 1. The van der Waals surface area contributed by atoms with Gasteiger partial charge in [-0.2, -0.15) is 5.10 Å². The van der Waals surface area contributed by atoms with Crippen molar-refractivity contribution < 1.29 is 8.78 Å². The first-order valence-corrected chi connectivity index (χ1v) is 10.5. The summed E-state index contributed by atoms with van der Waals surface area (Å²) in [5.74, 6) is -0.385. The number of rotatable bonds is 7. The van der Waals surface area contributed by atoms with Crippen molar-refractivity contribution in [3.05, 3.63) is 89.8 Å². The number of benzene rings is 1. The summed E-state index contributed by atoms with van der Waals surface area (Å²) < 4.78 is 28.6.